The molecule has 0 saturated carbocycles. The fourth-order valence-electron chi connectivity index (χ4n) is 1.69. The number of phenols is 1. The Balaban J connectivity index is 2.13. The van der Waals surface area contributed by atoms with Gasteiger partial charge < -0.3 is 10.4 Å². The molecule has 1 amide bonds. The van der Waals surface area contributed by atoms with Crippen molar-refractivity contribution in [3.8, 4) is 11.8 Å². The van der Waals surface area contributed by atoms with Crippen LogP contribution in [0.5, 0.6) is 5.75 Å². The van der Waals surface area contributed by atoms with E-state index in [1.165, 1.54) is 6.07 Å². The van der Waals surface area contributed by atoms with E-state index >= 15 is 0 Å². The van der Waals surface area contributed by atoms with Crippen LogP contribution in [-0.2, 0) is 6.42 Å². The van der Waals surface area contributed by atoms with E-state index in [1.54, 1.807) is 24.3 Å². The van der Waals surface area contributed by atoms with Gasteiger partial charge in [0.25, 0.3) is 5.91 Å². The van der Waals surface area contributed by atoms with E-state index in [9.17, 15) is 14.3 Å². The number of aromatic hydroxyl groups is 1. The van der Waals surface area contributed by atoms with Gasteiger partial charge in [0.15, 0.2) is 0 Å². The molecular weight excluding hydrogens is 259 g/mol. The van der Waals surface area contributed by atoms with E-state index in [0.717, 1.165) is 17.7 Å². The highest BCUT2D eigenvalue weighted by atomic mass is 19.1. The predicted octanol–water partition coefficient (Wildman–Crippen LogP) is 2.85. The lowest BCUT2D eigenvalue weighted by Crippen LogP contribution is -2.12. The van der Waals surface area contributed by atoms with Gasteiger partial charge >= 0.3 is 0 Å². The molecule has 2 rings (SSSR count). The summed E-state index contributed by atoms with van der Waals surface area (Å²) in [6.45, 7) is 0. The van der Waals surface area contributed by atoms with Crippen LogP contribution in [0.4, 0.5) is 10.1 Å². The van der Waals surface area contributed by atoms with Crippen LogP contribution in [0, 0.1) is 17.1 Å². The van der Waals surface area contributed by atoms with Crippen LogP contribution in [0.2, 0.25) is 0 Å². The third kappa shape index (κ3) is 3.12. The van der Waals surface area contributed by atoms with Gasteiger partial charge in [-0.25, -0.2) is 4.39 Å². The van der Waals surface area contributed by atoms with Crippen molar-refractivity contribution in [2.75, 3.05) is 5.32 Å². The highest BCUT2D eigenvalue weighted by molar-refractivity contribution is 6.06. The summed E-state index contributed by atoms with van der Waals surface area (Å²) in [7, 11) is 0. The Hall–Kier alpha value is -2.87. The Morgan fingerprint density at radius 1 is 1.25 bits per heavy atom. The summed E-state index contributed by atoms with van der Waals surface area (Å²) < 4.78 is 12.8. The Labute approximate surface area is 115 Å². The molecule has 0 aliphatic carbocycles. The van der Waals surface area contributed by atoms with Crippen molar-refractivity contribution in [2.24, 2.45) is 0 Å². The quantitative estimate of drug-likeness (QED) is 0.900. The number of nitrogens with one attached hydrogen (secondary N) is 1. The zero-order valence-corrected chi connectivity index (χ0v) is 10.4. The van der Waals surface area contributed by atoms with Crippen molar-refractivity contribution < 1.29 is 14.3 Å². The molecule has 0 aliphatic heterocycles. The zero-order chi connectivity index (χ0) is 14.5. The first-order chi connectivity index (χ1) is 9.60. The Morgan fingerprint density at radius 2 is 1.95 bits per heavy atom. The minimum atomic E-state index is -0.611. The number of hydrogen-bond donors (Lipinski definition) is 2. The molecule has 2 aromatic rings. The number of hydrogen-bond acceptors (Lipinski definition) is 3. The maximum absolute atomic E-state index is 12.8. The number of amides is 1. The number of nitrogens with zero attached hydrogens (tertiary/aromatic N) is 1. The van der Waals surface area contributed by atoms with Gasteiger partial charge in [0.2, 0.25) is 0 Å². The molecule has 0 fully saturated rings. The Bertz CT molecular complexity index is 675. The van der Waals surface area contributed by atoms with Crippen LogP contribution in [0.25, 0.3) is 0 Å². The van der Waals surface area contributed by atoms with Gasteiger partial charge in [0, 0.05) is 11.8 Å². The molecule has 0 bridgehead atoms. The molecule has 0 saturated heterocycles. The molecule has 0 aliphatic rings. The van der Waals surface area contributed by atoms with E-state index in [1.807, 2.05) is 6.07 Å². The average molecular weight is 270 g/mol. The fraction of sp³-hybridized carbons (Fsp3) is 0.0667. The molecule has 0 spiro atoms. The van der Waals surface area contributed by atoms with Crippen LogP contribution >= 0.6 is 0 Å². The minimum absolute atomic E-state index is 0.00694. The molecule has 20 heavy (non-hydrogen) atoms. The maximum atomic E-state index is 12.8. The first-order valence-electron chi connectivity index (χ1n) is 5.86. The molecule has 0 aromatic heterocycles. The lowest BCUT2D eigenvalue weighted by molar-refractivity contribution is 0.102. The Kier molecular flexibility index (Phi) is 3.96. The van der Waals surface area contributed by atoms with E-state index in [2.05, 4.69) is 5.32 Å². The number of nitriles is 1. The minimum Gasteiger partial charge on any atom is -0.507 e. The van der Waals surface area contributed by atoms with E-state index < -0.39 is 17.5 Å². The van der Waals surface area contributed by atoms with Gasteiger partial charge in [-0.15, -0.1) is 0 Å². The smallest absolute Gasteiger partial charge is 0.259 e. The maximum Gasteiger partial charge on any atom is 0.259 e. The molecule has 0 radical (unpaired) electrons. The van der Waals surface area contributed by atoms with Crippen molar-refractivity contribution in [2.45, 2.75) is 6.42 Å². The second kappa shape index (κ2) is 5.85. The van der Waals surface area contributed by atoms with Crippen LogP contribution < -0.4 is 5.32 Å². The zero-order valence-electron chi connectivity index (χ0n) is 10.4. The molecular formula is C15H11FN2O2. The summed E-state index contributed by atoms with van der Waals surface area (Å²) in [4.78, 5) is 11.9. The second-order valence-corrected chi connectivity index (χ2v) is 4.15. The molecule has 4 nitrogen and oxygen atoms in total. The molecule has 2 aromatic carbocycles. The largest absolute Gasteiger partial charge is 0.507 e. The van der Waals surface area contributed by atoms with E-state index in [4.69, 9.17) is 5.26 Å². The van der Waals surface area contributed by atoms with Gasteiger partial charge in [-0.05, 0) is 29.8 Å². The molecule has 2 N–H and O–H groups in total. The van der Waals surface area contributed by atoms with Gasteiger partial charge in [-0.1, -0.05) is 12.1 Å². The third-order valence-electron chi connectivity index (χ3n) is 2.70. The lowest BCUT2D eigenvalue weighted by atomic mass is 10.1. The number of halogens is 1. The number of rotatable bonds is 3. The van der Waals surface area contributed by atoms with Crippen molar-refractivity contribution >= 4 is 11.6 Å². The molecule has 0 atom stereocenters. The van der Waals surface area contributed by atoms with Crippen molar-refractivity contribution in [3.63, 3.8) is 0 Å². The number of anilines is 1. The Morgan fingerprint density at radius 3 is 2.55 bits per heavy atom. The highest BCUT2D eigenvalue weighted by Gasteiger charge is 2.11. The van der Waals surface area contributed by atoms with Crippen LogP contribution in [-0.4, -0.2) is 11.0 Å². The average Bonchev–Trinajstić information content (AvgIpc) is 2.41. The van der Waals surface area contributed by atoms with E-state index in [-0.39, 0.29) is 5.56 Å². The van der Waals surface area contributed by atoms with Gasteiger partial charge in [0.05, 0.1) is 18.1 Å². The number of benzene rings is 2. The number of phenolic OH excluding ortho intramolecular Hbond substituents is 1. The fourth-order valence-corrected chi connectivity index (χ4v) is 1.69. The normalized spacial score (nSPS) is 9.80. The molecule has 0 unspecified atom stereocenters. The summed E-state index contributed by atoms with van der Waals surface area (Å²) in [6, 6.07) is 12.0. The van der Waals surface area contributed by atoms with Gasteiger partial charge in [0.1, 0.15) is 11.6 Å². The number of carbonyl (C=O) groups excluding carboxylic acids is 1. The SMILES string of the molecule is N#CCc1ccc(NC(=O)c2ccc(F)cc2O)cc1. The third-order valence-corrected chi connectivity index (χ3v) is 2.70. The van der Waals surface area contributed by atoms with Crippen molar-refractivity contribution in [1.82, 2.24) is 0 Å². The van der Waals surface area contributed by atoms with Gasteiger partial charge in [-0.2, -0.15) is 5.26 Å². The van der Waals surface area contributed by atoms with E-state index in [0.29, 0.717) is 12.1 Å². The molecule has 100 valence electrons. The first-order valence-corrected chi connectivity index (χ1v) is 5.86. The summed E-state index contributed by atoms with van der Waals surface area (Å²) >= 11 is 0. The topological polar surface area (TPSA) is 73.1 Å². The van der Waals surface area contributed by atoms with Crippen LogP contribution in [0.15, 0.2) is 42.5 Å². The standard InChI is InChI=1S/C15H11FN2O2/c16-11-3-6-13(14(19)9-11)15(20)18-12-4-1-10(2-5-12)7-8-17/h1-6,9,19H,7H2,(H,18,20). The molecule has 0 heterocycles. The van der Waals surface area contributed by atoms with Gasteiger partial charge in [-0.3, -0.25) is 4.79 Å². The van der Waals surface area contributed by atoms with Crippen molar-refractivity contribution in [1.29, 1.82) is 5.26 Å². The monoisotopic (exact) mass is 270 g/mol. The van der Waals surface area contributed by atoms with Crippen LogP contribution in [0.1, 0.15) is 15.9 Å². The van der Waals surface area contributed by atoms with Crippen LogP contribution in [0.3, 0.4) is 0 Å². The summed E-state index contributed by atoms with van der Waals surface area (Å²) in [5.74, 6) is -1.56. The van der Waals surface area contributed by atoms with Crippen molar-refractivity contribution in [3.05, 3.63) is 59.4 Å². The highest BCUT2D eigenvalue weighted by Crippen LogP contribution is 2.20. The summed E-state index contributed by atoms with van der Waals surface area (Å²) in [5, 5.41) is 20.7. The summed E-state index contributed by atoms with van der Waals surface area (Å²) in [6.07, 6.45) is 0.299. The second-order valence-electron chi connectivity index (χ2n) is 4.15. The number of carbonyl (C=O) groups is 1. The predicted molar refractivity (Wildman–Crippen MR) is 71.8 cm³/mol. The molecule has 5 heteroatoms. The summed E-state index contributed by atoms with van der Waals surface area (Å²) in [5.41, 5.74) is 1.36. The first kappa shape index (κ1) is 13.6. The lowest BCUT2D eigenvalue weighted by Gasteiger charge is -2.07.